The van der Waals surface area contributed by atoms with Gasteiger partial charge in [0.2, 0.25) is 0 Å². The molecule has 0 fully saturated rings. The molecule has 0 saturated heterocycles. The summed E-state index contributed by atoms with van der Waals surface area (Å²) < 4.78 is 106. The van der Waals surface area contributed by atoms with Gasteiger partial charge in [0, 0.05) is 29.5 Å². The van der Waals surface area contributed by atoms with Crippen LogP contribution in [-0.4, -0.2) is 18.5 Å². The van der Waals surface area contributed by atoms with E-state index in [1.165, 1.54) is 13.0 Å². The number of H-pyrrole nitrogens is 1. The van der Waals surface area contributed by atoms with E-state index in [-0.39, 0.29) is 22.8 Å². The maximum atomic E-state index is 14.3. The number of rotatable bonds is 5. The Morgan fingerprint density at radius 3 is 2.15 bits per heavy atom. The van der Waals surface area contributed by atoms with Gasteiger partial charge in [0.25, 0.3) is 0 Å². The smallest absolute Gasteiger partial charge is 0.493 e. The number of pyridine rings is 1. The Hall–Kier alpha value is -3.70. The Morgan fingerprint density at radius 1 is 0.879 bits per heavy atom. The van der Waals surface area contributed by atoms with Gasteiger partial charge in [-0.3, -0.25) is 4.79 Å². The number of halogens is 7. The third kappa shape index (κ3) is 5.76. The van der Waals surface area contributed by atoms with Crippen LogP contribution in [0.15, 0.2) is 47.3 Å². The van der Waals surface area contributed by atoms with E-state index in [1.807, 2.05) is 0 Å². The van der Waals surface area contributed by atoms with Crippen molar-refractivity contribution in [1.29, 1.82) is 0 Å². The molecule has 0 aliphatic heterocycles. The Bertz CT molecular complexity index is 1230. The minimum absolute atomic E-state index is 0.0429. The van der Waals surface area contributed by atoms with E-state index >= 15 is 0 Å². The summed E-state index contributed by atoms with van der Waals surface area (Å²) >= 11 is 0. The molecule has 1 heterocycles. The molecule has 12 heteroatoms. The molecule has 0 unspecified atom stereocenters. The molecule has 3 rings (SSSR count). The molecule has 176 valence electrons. The number of hydrogen-bond donors (Lipinski definition) is 1. The average Bonchev–Trinajstić information content (AvgIpc) is 2.67. The normalized spacial score (nSPS) is 11.9. The minimum atomic E-state index is -5.07. The predicted octanol–water partition coefficient (Wildman–Crippen LogP) is 6.21. The lowest BCUT2D eigenvalue weighted by molar-refractivity contribution is -0.274. The van der Waals surface area contributed by atoms with Crippen molar-refractivity contribution in [3.8, 4) is 34.3 Å². The van der Waals surface area contributed by atoms with Gasteiger partial charge in [0.1, 0.15) is 17.3 Å². The number of hydrogen-bond acceptors (Lipinski definition) is 4. The predicted molar refractivity (Wildman–Crippen MR) is 102 cm³/mol. The molecule has 2 aromatic carbocycles. The first-order chi connectivity index (χ1) is 15.3. The van der Waals surface area contributed by atoms with Crippen LogP contribution in [0.25, 0.3) is 11.3 Å². The second kappa shape index (κ2) is 8.68. The van der Waals surface area contributed by atoms with Crippen LogP contribution in [0.1, 0.15) is 11.3 Å². The third-order valence-electron chi connectivity index (χ3n) is 4.23. The third-order valence-corrected chi connectivity index (χ3v) is 4.23. The van der Waals surface area contributed by atoms with Crippen molar-refractivity contribution in [3.63, 3.8) is 0 Å². The number of methoxy groups -OCH3 is 1. The van der Waals surface area contributed by atoms with Crippen molar-refractivity contribution in [2.24, 2.45) is 0 Å². The van der Waals surface area contributed by atoms with Crippen LogP contribution in [-0.2, 0) is 6.18 Å². The maximum Gasteiger partial charge on any atom is 0.573 e. The molecule has 0 saturated carbocycles. The fraction of sp³-hybridized carbons (Fsp3) is 0.190. The van der Waals surface area contributed by atoms with Crippen LogP contribution in [0.3, 0.4) is 0 Å². The van der Waals surface area contributed by atoms with E-state index in [0.29, 0.717) is 17.8 Å². The Kier molecular flexibility index (Phi) is 6.30. The van der Waals surface area contributed by atoms with Gasteiger partial charge in [0.05, 0.1) is 18.4 Å². The van der Waals surface area contributed by atoms with Crippen molar-refractivity contribution >= 4 is 0 Å². The molecule has 5 nitrogen and oxygen atoms in total. The summed E-state index contributed by atoms with van der Waals surface area (Å²) in [6.45, 7) is 1.51. The highest BCUT2D eigenvalue weighted by Crippen LogP contribution is 2.43. The zero-order valence-electron chi connectivity index (χ0n) is 16.8. The van der Waals surface area contributed by atoms with E-state index < -0.39 is 40.8 Å². The van der Waals surface area contributed by atoms with E-state index in [2.05, 4.69) is 9.72 Å². The van der Waals surface area contributed by atoms with Gasteiger partial charge in [-0.2, -0.15) is 13.2 Å². The first kappa shape index (κ1) is 24.0. The topological polar surface area (TPSA) is 60.6 Å². The van der Waals surface area contributed by atoms with Gasteiger partial charge in [-0.05, 0) is 31.2 Å². The van der Waals surface area contributed by atoms with Crippen molar-refractivity contribution in [1.82, 2.24) is 4.98 Å². The van der Waals surface area contributed by atoms with Crippen molar-refractivity contribution < 1.29 is 44.9 Å². The largest absolute Gasteiger partial charge is 0.573 e. The Labute approximate surface area is 181 Å². The SMILES string of the molecule is COc1cc(OC(F)(F)F)ccc1Oc1cc(C(F)(F)F)c(F)cc1-c1cc(=O)cc(C)[nH]1. The summed E-state index contributed by atoms with van der Waals surface area (Å²) in [6.07, 6.45) is -10.1. The van der Waals surface area contributed by atoms with Crippen molar-refractivity contribution in [2.45, 2.75) is 19.5 Å². The molecule has 0 bridgehead atoms. The number of aromatic amines is 1. The quantitative estimate of drug-likeness (QED) is 0.444. The van der Waals surface area contributed by atoms with E-state index in [1.54, 1.807) is 0 Å². The van der Waals surface area contributed by atoms with Crippen LogP contribution in [0, 0.1) is 12.7 Å². The molecular weight excluding hydrogens is 463 g/mol. The lowest BCUT2D eigenvalue weighted by Gasteiger charge is -2.18. The second-order valence-electron chi connectivity index (χ2n) is 6.70. The zero-order chi connectivity index (χ0) is 24.6. The molecule has 1 aromatic heterocycles. The van der Waals surface area contributed by atoms with Crippen LogP contribution in [0.5, 0.6) is 23.0 Å². The summed E-state index contributed by atoms with van der Waals surface area (Å²) in [5.74, 6) is -3.41. The molecular formula is C21H14F7NO4. The van der Waals surface area contributed by atoms with Crippen molar-refractivity contribution in [3.05, 3.63) is 69.8 Å². The van der Waals surface area contributed by atoms with Crippen LogP contribution in [0.4, 0.5) is 30.7 Å². The fourth-order valence-corrected chi connectivity index (χ4v) is 2.94. The van der Waals surface area contributed by atoms with Gasteiger partial charge in [-0.1, -0.05) is 0 Å². The van der Waals surface area contributed by atoms with Crippen molar-refractivity contribution in [2.75, 3.05) is 7.11 Å². The number of nitrogens with one attached hydrogen (secondary N) is 1. The number of benzene rings is 2. The highest BCUT2D eigenvalue weighted by Gasteiger charge is 2.36. The molecule has 0 aliphatic carbocycles. The van der Waals surface area contributed by atoms with Gasteiger partial charge in [0.15, 0.2) is 16.9 Å². The molecule has 33 heavy (non-hydrogen) atoms. The summed E-state index contributed by atoms with van der Waals surface area (Å²) in [7, 11) is 1.09. The first-order valence-electron chi connectivity index (χ1n) is 9.00. The monoisotopic (exact) mass is 477 g/mol. The zero-order valence-corrected chi connectivity index (χ0v) is 16.8. The molecule has 0 aliphatic rings. The minimum Gasteiger partial charge on any atom is -0.493 e. The summed E-state index contributed by atoms with van der Waals surface area (Å²) in [4.78, 5) is 14.6. The van der Waals surface area contributed by atoms with Gasteiger partial charge in [-0.25, -0.2) is 4.39 Å². The van der Waals surface area contributed by atoms with E-state index in [0.717, 1.165) is 31.4 Å². The number of alkyl halides is 6. The molecule has 0 spiro atoms. The first-order valence-corrected chi connectivity index (χ1v) is 9.00. The molecule has 3 aromatic rings. The summed E-state index contributed by atoms with van der Waals surface area (Å²) in [5, 5.41) is 0. The van der Waals surface area contributed by atoms with Gasteiger partial charge < -0.3 is 19.2 Å². The van der Waals surface area contributed by atoms with Crippen LogP contribution in [0.2, 0.25) is 0 Å². The summed E-state index contributed by atoms with van der Waals surface area (Å²) in [5.41, 5.74) is -2.08. The van der Waals surface area contributed by atoms with Gasteiger partial charge in [-0.15, -0.1) is 13.2 Å². The summed E-state index contributed by atoms with van der Waals surface area (Å²) in [6, 6.07) is 5.80. The Morgan fingerprint density at radius 2 is 1.58 bits per heavy atom. The number of ether oxygens (including phenoxy) is 3. The average molecular weight is 477 g/mol. The standard InChI is InChI=1S/C21H14F7NO4/c1-10-5-11(30)6-16(29-10)13-8-15(22)14(20(23,24)25)9-18(13)32-17-4-3-12(7-19(17)31-2)33-21(26,27)28/h3-9H,1-2H3,(H,29,30). The number of aryl methyl sites for hydroxylation is 1. The van der Waals surface area contributed by atoms with E-state index in [9.17, 15) is 35.5 Å². The lowest BCUT2D eigenvalue weighted by Crippen LogP contribution is -2.17. The molecule has 0 amide bonds. The van der Waals surface area contributed by atoms with Gasteiger partial charge >= 0.3 is 12.5 Å². The highest BCUT2D eigenvalue weighted by molar-refractivity contribution is 5.69. The maximum absolute atomic E-state index is 14.3. The molecule has 0 radical (unpaired) electrons. The number of aromatic nitrogens is 1. The van der Waals surface area contributed by atoms with Crippen LogP contribution < -0.4 is 19.6 Å². The Balaban J connectivity index is 2.15. The lowest BCUT2D eigenvalue weighted by atomic mass is 10.0. The fourth-order valence-electron chi connectivity index (χ4n) is 2.94. The second-order valence-corrected chi connectivity index (χ2v) is 6.70. The van der Waals surface area contributed by atoms with E-state index in [4.69, 9.17) is 9.47 Å². The highest BCUT2D eigenvalue weighted by atomic mass is 19.4. The molecule has 0 atom stereocenters. The molecule has 1 N–H and O–H groups in total. The van der Waals surface area contributed by atoms with Crippen LogP contribution >= 0.6 is 0 Å².